The van der Waals surface area contributed by atoms with E-state index < -0.39 is 6.04 Å². The van der Waals surface area contributed by atoms with Crippen LogP contribution in [0, 0.1) is 6.92 Å². The molecule has 0 aliphatic carbocycles. The van der Waals surface area contributed by atoms with Gasteiger partial charge in [0.25, 0.3) is 0 Å². The third kappa shape index (κ3) is 5.45. The molecule has 156 valence electrons. The smallest absolute Gasteiger partial charge is 0.320 e. The number of urea groups is 1. The van der Waals surface area contributed by atoms with Gasteiger partial charge < -0.3 is 15.4 Å². The maximum Gasteiger partial charge on any atom is 0.320 e. The number of nitrogens with zero attached hydrogens (tertiary/aromatic N) is 3. The van der Waals surface area contributed by atoms with Crippen LogP contribution < -0.4 is 15.4 Å². The van der Waals surface area contributed by atoms with Crippen LogP contribution in [0.25, 0.3) is 0 Å². The number of rotatable bonds is 7. The van der Waals surface area contributed by atoms with Gasteiger partial charge in [-0.2, -0.15) is 5.10 Å². The van der Waals surface area contributed by atoms with Crippen molar-refractivity contribution in [2.24, 2.45) is 0 Å². The number of amides is 2. The van der Waals surface area contributed by atoms with Crippen molar-refractivity contribution >= 4 is 11.7 Å². The molecular weight excluding hydrogens is 392 g/mol. The quantitative estimate of drug-likeness (QED) is 0.424. The summed E-state index contributed by atoms with van der Waals surface area (Å²) in [6, 6.07) is 21.6. The van der Waals surface area contributed by atoms with Gasteiger partial charge in [0.2, 0.25) is 0 Å². The number of aromatic nitrogens is 4. The summed E-state index contributed by atoms with van der Waals surface area (Å²) < 4.78 is 5.78. The van der Waals surface area contributed by atoms with Crippen LogP contribution in [-0.2, 0) is 6.61 Å². The van der Waals surface area contributed by atoms with Gasteiger partial charge in [-0.25, -0.2) is 9.78 Å². The average molecular weight is 414 g/mol. The Balaban J connectivity index is 1.43. The minimum atomic E-state index is -0.491. The SMILES string of the molecule is Cc1nc(C(NC(=O)Nc2cccc(OCc3ccccn3)c2)c2ccccc2)n[nH]1. The molecule has 3 N–H and O–H groups in total. The monoisotopic (exact) mass is 414 g/mol. The van der Waals surface area contributed by atoms with Crippen molar-refractivity contribution in [2.75, 3.05) is 5.32 Å². The molecule has 8 nitrogen and oxygen atoms in total. The zero-order valence-corrected chi connectivity index (χ0v) is 16.9. The van der Waals surface area contributed by atoms with E-state index in [9.17, 15) is 4.79 Å². The van der Waals surface area contributed by atoms with Gasteiger partial charge in [-0.3, -0.25) is 10.1 Å². The summed E-state index contributed by atoms with van der Waals surface area (Å²) >= 11 is 0. The minimum Gasteiger partial charge on any atom is -0.487 e. The van der Waals surface area contributed by atoms with E-state index in [4.69, 9.17) is 4.74 Å². The average Bonchev–Trinajstić information content (AvgIpc) is 3.23. The van der Waals surface area contributed by atoms with Crippen LogP contribution in [0.5, 0.6) is 5.75 Å². The highest BCUT2D eigenvalue weighted by molar-refractivity contribution is 5.89. The predicted octanol–water partition coefficient (Wildman–Crippen LogP) is 4.00. The van der Waals surface area contributed by atoms with Crippen LogP contribution in [0.4, 0.5) is 10.5 Å². The molecule has 0 spiro atoms. The van der Waals surface area contributed by atoms with Crippen molar-refractivity contribution in [2.45, 2.75) is 19.6 Å². The molecule has 4 rings (SSSR count). The molecule has 4 aromatic rings. The molecule has 2 aromatic heterocycles. The zero-order chi connectivity index (χ0) is 21.5. The molecule has 31 heavy (non-hydrogen) atoms. The number of hydrogen-bond acceptors (Lipinski definition) is 5. The largest absolute Gasteiger partial charge is 0.487 e. The molecule has 1 atom stereocenters. The number of aryl methyl sites for hydroxylation is 1. The number of carbonyl (C=O) groups is 1. The van der Waals surface area contributed by atoms with E-state index in [1.54, 1.807) is 18.3 Å². The van der Waals surface area contributed by atoms with Crippen LogP contribution in [0.15, 0.2) is 79.0 Å². The fourth-order valence-electron chi connectivity index (χ4n) is 3.03. The third-order valence-corrected chi connectivity index (χ3v) is 4.49. The first kappa shape index (κ1) is 20.1. The van der Waals surface area contributed by atoms with E-state index in [2.05, 4.69) is 30.8 Å². The van der Waals surface area contributed by atoms with Crippen LogP contribution in [0.3, 0.4) is 0 Å². The lowest BCUT2D eigenvalue weighted by Gasteiger charge is -2.17. The molecule has 0 saturated carbocycles. The standard InChI is InChI=1S/C23H22N6O2/c1-16-25-22(29-28-16)21(17-8-3-2-4-9-17)27-23(30)26-18-11-7-12-20(14-18)31-15-19-10-5-6-13-24-19/h2-14,21H,15H2,1H3,(H,25,28,29)(H2,26,27,30). The Labute approximate surface area is 179 Å². The van der Waals surface area contributed by atoms with Gasteiger partial charge in [0, 0.05) is 18.0 Å². The summed E-state index contributed by atoms with van der Waals surface area (Å²) in [7, 11) is 0. The lowest BCUT2D eigenvalue weighted by molar-refractivity contribution is 0.249. The highest BCUT2D eigenvalue weighted by atomic mass is 16.5. The molecule has 2 aromatic carbocycles. The third-order valence-electron chi connectivity index (χ3n) is 4.49. The molecule has 0 saturated heterocycles. The number of anilines is 1. The van der Waals surface area contributed by atoms with Crippen molar-refractivity contribution in [3.63, 3.8) is 0 Å². The van der Waals surface area contributed by atoms with Gasteiger partial charge in [-0.05, 0) is 36.8 Å². The number of H-pyrrole nitrogens is 1. The first-order valence-corrected chi connectivity index (χ1v) is 9.81. The van der Waals surface area contributed by atoms with Gasteiger partial charge in [0.05, 0.1) is 5.69 Å². The Kier molecular flexibility index (Phi) is 6.18. The molecule has 0 bridgehead atoms. The number of ether oxygens (including phenoxy) is 1. The summed E-state index contributed by atoms with van der Waals surface area (Å²) in [5.74, 6) is 1.80. The predicted molar refractivity (Wildman–Crippen MR) is 117 cm³/mol. The van der Waals surface area contributed by atoms with Crippen molar-refractivity contribution in [1.29, 1.82) is 0 Å². The minimum absolute atomic E-state index is 0.344. The lowest BCUT2D eigenvalue weighted by Crippen LogP contribution is -2.33. The highest BCUT2D eigenvalue weighted by Gasteiger charge is 2.21. The number of hydrogen-bond donors (Lipinski definition) is 3. The molecule has 0 fully saturated rings. The summed E-state index contributed by atoms with van der Waals surface area (Å²) in [5, 5.41) is 12.8. The lowest BCUT2D eigenvalue weighted by atomic mass is 10.1. The zero-order valence-electron chi connectivity index (χ0n) is 16.9. The Morgan fingerprint density at radius 3 is 2.65 bits per heavy atom. The number of pyridine rings is 1. The van der Waals surface area contributed by atoms with E-state index in [0.717, 1.165) is 11.3 Å². The first-order valence-electron chi connectivity index (χ1n) is 9.81. The summed E-state index contributed by atoms with van der Waals surface area (Å²) in [6.45, 7) is 2.16. The maximum absolute atomic E-state index is 12.7. The van der Waals surface area contributed by atoms with Gasteiger partial charge in [0.15, 0.2) is 5.82 Å². The number of nitrogens with one attached hydrogen (secondary N) is 3. The van der Waals surface area contributed by atoms with E-state index in [1.165, 1.54) is 0 Å². The fraction of sp³-hybridized carbons (Fsp3) is 0.130. The van der Waals surface area contributed by atoms with Gasteiger partial charge in [-0.15, -0.1) is 0 Å². The highest BCUT2D eigenvalue weighted by Crippen LogP contribution is 2.21. The van der Waals surface area contributed by atoms with Crippen molar-refractivity contribution < 1.29 is 9.53 Å². The second kappa shape index (κ2) is 9.53. The topological polar surface area (TPSA) is 105 Å². The van der Waals surface area contributed by atoms with Crippen LogP contribution in [0.2, 0.25) is 0 Å². The van der Waals surface area contributed by atoms with Crippen LogP contribution in [-0.4, -0.2) is 26.2 Å². The molecule has 1 unspecified atom stereocenters. The normalized spacial score (nSPS) is 11.5. The Hall–Kier alpha value is -4.20. The van der Waals surface area contributed by atoms with E-state index in [0.29, 0.717) is 29.7 Å². The van der Waals surface area contributed by atoms with Gasteiger partial charge in [-0.1, -0.05) is 42.5 Å². The Morgan fingerprint density at radius 2 is 1.90 bits per heavy atom. The summed E-state index contributed by atoms with van der Waals surface area (Å²) in [5.41, 5.74) is 2.31. The molecule has 2 heterocycles. The Bertz CT molecular complexity index is 1130. The van der Waals surface area contributed by atoms with Crippen LogP contribution in [0.1, 0.15) is 28.9 Å². The molecule has 2 amide bonds. The molecular formula is C23H22N6O2. The van der Waals surface area contributed by atoms with E-state index in [1.807, 2.05) is 67.6 Å². The molecule has 0 aliphatic rings. The molecule has 0 aliphatic heterocycles. The number of carbonyl (C=O) groups excluding carboxylic acids is 1. The van der Waals surface area contributed by atoms with Gasteiger partial charge in [0.1, 0.15) is 24.2 Å². The number of benzene rings is 2. The maximum atomic E-state index is 12.7. The molecule has 8 heteroatoms. The molecule has 0 radical (unpaired) electrons. The van der Waals surface area contributed by atoms with Crippen molar-refractivity contribution in [3.8, 4) is 5.75 Å². The van der Waals surface area contributed by atoms with E-state index in [-0.39, 0.29) is 6.03 Å². The van der Waals surface area contributed by atoms with Crippen molar-refractivity contribution in [1.82, 2.24) is 25.5 Å². The second-order valence-electron chi connectivity index (χ2n) is 6.86. The van der Waals surface area contributed by atoms with Gasteiger partial charge >= 0.3 is 6.03 Å². The second-order valence-corrected chi connectivity index (χ2v) is 6.86. The van der Waals surface area contributed by atoms with Crippen molar-refractivity contribution in [3.05, 3.63) is 102 Å². The Morgan fingerprint density at radius 1 is 1.06 bits per heavy atom. The van der Waals surface area contributed by atoms with Crippen LogP contribution >= 0.6 is 0 Å². The summed E-state index contributed by atoms with van der Waals surface area (Å²) in [6.07, 6.45) is 1.72. The summed E-state index contributed by atoms with van der Waals surface area (Å²) in [4.78, 5) is 21.3. The van der Waals surface area contributed by atoms with E-state index >= 15 is 0 Å². The first-order chi connectivity index (χ1) is 15.2. The fourth-order valence-corrected chi connectivity index (χ4v) is 3.03. The number of aromatic amines is 1.